The summed E-state index contributed by atoms with van der Waals surface area (Å²) in [5, 5.41) is 12.0. The fraction of sp³-hybridized carbons (Fsp3) is 0.400. The highest BCUT2D eigenvalue weighted by atomic mass is 32.2. The maximum absolute atomic E-state index is 12.4. The molecule has 8 heteroatoms. The van der Waals surface area contributed by atoms with Crippen LogP contribution in [0.5, 0.6) is 0 Å². The second-order valence-corrected chi connectivity index (χ2v) is 7.37. The smallest absolute Gasteiger partial charge is 0.313 e. The number of amides is 1. The SMILES string of the molecule is CCOC(=O)CC(=O)CSc1ccc(NC(=O)C2CC=CCC2C(=O)O)cc1. The molecule has 150 valence electrons. The summed E-state index contributed by atoms with van der Waals surface area (Å²) in [7, 11) is 0. The van der Waals surface area contributed by atoms with Gasteiger partial charge >= 0.3 is 11.9 Å². The highest BCUT2D eigenvalue weighted by molar-refractivity contribution is 8.00. The van der Waals surface area contributed by atoms with Crippen molar-refractivity contribution in [3.8, 4) is 0 Å². The Kier molecular flexibility index (Phi) is 8.25. The normalized spacial score (nSPS) is 18.3. The Balaban J connectivity index is 1.86. The summed E-state index contributed by atoms with van der Waals surface area (Å²) >= 11 is 1.29. The second kappa shape index (κ2) is 10.7. The lowest BCUT2D eigenvalue weighted by molar-refractivity contribution is -0.146. The van der Waals surface area contributed by atoms with Crippen LogP contribution in [0.4, 0.5) is 5.69 Å². The van der Waals surface area contributed by atoms with Gasteiger partial charge in [0.1, 0.15) is 6.42 Å². The summed E-state index contributed by atoms with van der Waals surface area (Å²) in [5.41, 5.74) is 0.561. The third-order valence-electron chi connectivity index (χ3n) is 4.25. The van der Waals surface area contributed by atoms with Gasteiger partial charge in [0.25, 0.3) is 0 Å². The number of carboxylic acid groups (broad SMARTS) is 1. The number of carbonyl (C=O) groups excluding carboxylic acids is 3. The van der Waals surface area contributed by atoms with E-state index in [4.69, 9.17) is 4.74 Å². The van der Waals surface area contributed by atoms with Gasteiger partial charge in [0.2, 0.25) is 5.91 Å². The lowest BCUT2D eigenvalue weighted by atomic mass is 9.82. The number of carbonyl (C=O) groups is 4. The van der Waals surface area contributed by atoms with E-state index in [9.17, 15) is 24.3 Å². The first-order valence-electron chi connectivity index (χ1n) is 8.99. The number of rotatable bonds is 9. The van der Waals surface area contributed by atoms with Crippen LogP contribution >= 0.6 is 11.8 Å². The average molecular weight is 405 g/mol. The van der Waals surface area contributed by atoms with Crippen molar-refractivity contribution in [1.29, 1.82) is 0 Å². The first kappa shape index (κ1) is 21.7. The van der Waals surface area contributed by atoms with Gasteiger partial charge in [0, 0.05) is 10.6 Å². The van der Waals surface area contributed by atoms with E-state index >= 15 is 0 Å². The molecule has 1 aliphatic carbocycles. The predicted octanol–water partition coefficient (Wildman–Crippen LogP) is 2.91. The third kappa shape index (κ3) is 6.53. The quantitative estimate of drug-likeness (QED) is 0.281. The Bertz CT molecular complexity index is 758. The van der Waals surface area contributed by atoms with Crippen LogP contribution in [0.1, 0.15) is 26.2 Å². The van der Waals surface area contributed by atoms with Crippen LogP contribution in [0.3, 0.4) is 0 Å². The molecule has 2 unspecified atom stereocenters. The van der Waals surface area contributed by atoms with Crippen LogP contribution in [0.15, 0.2) is 41.3 Å². The van der Waals surface area contributed by atoms with Crippen LogP contribution in [0.2, 0.25) is 0 Å². The molecule has 2 rings (SSSR count). The zero-order chi connectivity index (χ0) is 20.5. The number of benzene rings is 1. The lowest BCUT2D eigenvalue weighted by Gasteiger charge is -2.24. The molecule has 28 heavy (non-hydrogen) atoms. The summed E-state index contributed by atoms with van der Waals surface area (Å²) in [6.45, 7) is 1.93. The molecule has 0 fully saturated rings. The summed E-state index contributed by atoms with van der Waals surface area (Å²) in [6, 6.07) is 6.91. The second-order valence-electron chi connectivity index (χ2n) is 6.32. The Hall–Kier alpha value is -2.61. The van der Waals surface area contributed by atoms with Gasteiger partial charge < -0.3 is 15.2 Å². The third-order valence-corrected chi connectivity index (χ3v) is 5.33. The topological polar surface area (TPSA) is 110 Å². The number of thioether (sulfide) groups is 1. The largest absolute Gasteiger partial charge is 0.481 e. The first-order chi connectivity index (χ1) is 13.4. The van der Waals surface area contributed by atoms with Gasteiger partial charge in [-0.3, -0.25) is 19.2 Å². The number of esters is 1. The van der Waals surface area contributed by atoms with E-state index in [1.54, 1.807) is 37.3 Å². The fourth-order valence-electron chi connectivity index (χ4n) is 2.83. The number of Topliss-reactive ketones (excluding diaryl/α,β-unsaturated/α-hetero) is 1. The van der Waals surface area contributed by atoms with E-state index in [0.29, 0.717) is 18.5 Å². The molecule has 1 aromatic carbocycles. The molecule has 0 saturated heterocycles. The molecule has 0 saturated carbocycles. The van der Waals surface area contributed by atoms with Crippen molar-refractivity contribution in [3.05, 3.63) is 36.4 Å². The Labute approximate surface area is 167 Å². The van der Waals surface area contributed by atoms with Crippen molar-refractivity contribution < 1.29 is 29.0 Å². The van der Waals surface area contributed by atoms with E-state index < -0.39 is 23.8 Å². The Morgan fingerprint density at radius 3 is 2.36 bits per heavy atom. The van der Waals surface area contributed by atoms with Crippen molar-refractivity contribution in [1.82, 2.24) is 0 Å². The van der Waals surface area contributed by atoms with E-state index in [0.717, 1.165) is 4.90 Å². The van der Waals surface area contributed by atoms with Crippen molar-refractivity contribution in [2.45, 2.75) is 31.1 Å². The Morgan fingerprint density at radius 2 is 1.75 bits per heavy atom. The van der Waals surface area contributed by atoms with Gasteiger partial charge in [0.05, 0.1) is 24.2 Å². The molecule has 2 N–H and O–H groups in total. The zero-order valence-electron chi connectivity index (χ0n) is 15.6. The summed E-state index contributed by atoms with van der Waals surface area (Å²) < 4.78 is 4.74. The van der Waals surface area contributed by atoms with Crippen molar-refractivity contribution in [2.75, 3.05) is 17.7 Å². The van der Waals surface area contributed by atoms with E-state index in [1.807, 2.05) is 6.08 Å². The van der Waals surface area contributed by atoms with Crippen LogP contribution in [-0.2, 0) is 23.9 Å². The molecule has 1 aromatic rings. The van der Waals surface area contributed by atoms with Crippen LogP contribution < -0.4 is 5.32 Å². The zero-order valence-corrected chi connectivity index (χ0v) is 16.4. The van der Waals surface area contributed by atoms with Gasteiger partial charge in [-0.05, 0) is 44.0 Å². The standard InChI is InChI=1S/C20H23NO6S/c1-2-27-18(23)11-14(22)12-28-15-9-7-13(8-10-15)21-19(24)16-5-3-4-6-17(16)20(25)26/h3-4,7-10,16-17H,2,5-6,11-12H2,1H3,(H,21,24)(H,25,26). The van der Waals surface area contributed by atoms with E-state index in [-0.39, 0.29) is 30.5 Å². The molecule has 7 nitrogen and oxygen atoms in total. The van der Waals surface area contributed by atoms with Gasteiger partial charge in [0.15, 0.2) is 5.78 Å². The molecule has 0 aromatic heterocycles. The minimum absolute atomic E-state index is 0.152. The predicted molar refractivity (Wildman–Crippen MR) is 105 cm³/mol. The number of nitrogens with one attached hydrogen (secondary N) is 1. The number of hydrogen-bond donors (Lipinski definition) is 2. The van der Waals surface area contributed by atoms with Crippen LogP contribution in [0.25, 0.3) is 0 Å². The molecule has 1 amide bonds. The minimum atomic E-state index is -0.969. The van der Waals surface area contributed by atoms with E-state index in [2.05, 4.69) is 5.32 Å². The average Bonchev–Trinajstić information content (AvgIpc) is 2.67. The van der Waals surface area contributed by atoms with Crippen molar-refractivity contribution in [2.24, 2.45) is 11.8 Å². The molecular formula is C20H23NO6S. The maximum Gasteiger partial charge on any atom is 0.313 e. The molecule has 0 aliphatic heterocycles. The van der Waals surface area contributed by atoms with Crippen molar-refractivity contribution in [3.63, 3.8) is 0 Å². The van der Waals surface area contributed by atoms with Crippen LogP contribution in [0, 0.1) is 11.8 Å². The first-order valence-corrected chi connectivity index (χ1v) is 9.98. The highest BCUT2D eigenvalue weighted by Gasteiger charge is 2.33. The number of carboxylic acids is 1. The van der Waals surface area contributed by atoms with Crippen LogP contribution in [-0.4, -0.2) is 41.1 Å². The van der Waals surface area contributed by atoms with Crippen molar-refractivity contribution >= 4 is 41.1 Å². The molecule has 2 atom stereocenters. The molecule has 0 heterocycles. The molecule has 0 bridgehead atoms. The number of anilines is 1. The monoisotopic (exact) mass is 405 g/mol. The summed E-state index contributed by atoms with van der Waals surface area (Å²) in [4.78, 5) is 47.6. The molecule has 1 aliphatic rings. The minimum Gasteiger partial charge on any atom is -0.481 e. The van der Waals surface area contributed by atoms with Gasteiger partial charge in [-0.2, -0.15) is 0 Å². The highest BCUT2D eigenvalue weighted by Crippen LogP contribution is 2.28. The molecule has 0 spiro atoms. The Morgan fingerprint density at radius 1 is 1.11 bits per heavy atom. The van der Waals surface area contributed by atoms with E-state index in [1.165, 1.54) is 11.8 Å². The number of allylic oxidation sites excluding steroid dienone is 2. The number of ether oxygens (including phenoxy) is 1. The summed E-state index contributed by atoms with van der Waals surface area (Å²) in [5.74, 6) is -3.19. The van der Waals surface area contributed by atoms with Gasteiger partial charge in [-0.25, -0.2) is 0 Å². The maximum atomic E-state index is 12.4. The number of aliphatic carboxylic acids is 1. The lowest BCUT2D eigenvalue weighted by Crippen LogP contribution is -2.34. The fourth-order valence-corrected chi connectivity index (χ4v) is 3.59. The van der Waals surface area contributed by atoms with Gasteiger partial charge in [-0.1, -0.05) is 12.2 Å². The number of hydrogen-bond acceptors (Lipinski definition) is 6. The number of ketones is 1. The summed E-state index contributed by atoms with van der Waals surface area (Å²) in [6.07, 6.45) is 4.13. The van der Waals surface area contributed by atoms with Gasteiger partial charge in [-0.15, -0.1) is 11.8 Å². The molecule has 0 radical (unpaired) electrons. The molecular weight excluding hydrogens is 382 g/mol.